The Kier molecular flexibility index (Phi) is 26.6. The van der Waals surface area contributed by atoms with Gasteiger partial charge in [0.2, 0.25) is 0 Å². The second kappa shape index (κ2) is 24.8. The van der Waals surface area contributed by atoms with Crippen molar-refractivity contribution in [3.8, 4) is 0 Å². The molecule has 0 aliphatic heterocycles. The molecule has 0 saturated heterocycles. The summed E-state index contributed by atoms with van der Waals surface area (Å²) in [5, 5.41) is 11.5. The fourth-order valence-electron chi connectivity index (χ4n) is 3.48. The van der Waals surface area contributed by atoms with Gasteiger partial charge in [-0.3, -0.25) is 4.55 Å². The number of allylic oxidation sites excluding steroid dienone is 1. The maximum Gasteiger partial charge on any atom is 1.00 e. The first-order chi connectivity index (χ1) is 14.5. The summed E-state index contributed by atoms with van der Waals surface area (Å²) in [5.74, 6) is -0.686. The standard InChI is InChI=1S/C24H47NO4S.Na/c1-2-3-4-5-6-7-8-9-10-11-12-13-14-15-16-17-18-19-21-24(26)25-22-20-23-30(27,28)29;/h19,21H,2-18,20,22-23H2,1H3,(H,25,26)(H,27,28,29);/q;+1/p-1/b21-19+;. The Labute approximate surface area is 214 Å². The summed E-state index contributed by atoms with van der Waals surface area (Å²) < 4.78 is 29.7. The Hall–Kier alpha value is 0.120. The predicted molar refractivity (Wildman–Crippen MR) is 127 cm³/mol. The van der Waals surface area contributed by atoms with Gasteiger partial charge in [0.25, 0.3) is 10.1 Å². The van der Waals surface area contributed by atoms with Crippen LogP contribution in [0.5, 0.6) is 0 Å². The Bertz CT molecular complexity index is 536. The van der Waals surface area contributed by atoms with Crippen molar-refractivity contribution in [1.82, 2.24) is 0 Å². The number of unbranched alkanes of at least 4 members (excludes halogenated alkanes) is 16. The summed E-state index contributed by atoms with van der Waals surface area (Å²) in [6.07, 6.45) is 25.9. The van der Waals surface area contributed by atoms with Crippen LogP contribution in [0.15, 0.2) is 17.1 Å². The summed E-state index contributed by atoms with van der Waals surface area (Å²) in [6.45, 7) is 2.40. The van der Waals surface area contributed by atoms with E-state index in [1.165, 1.54) is 102 Å². The van der Waals surface area contributed by atoms with Crippen molar-refractivity contribution in [2.24, 2.45) is 4.99 Å². The molecule has 178 valence electrons. The van der Waals surface area contributed by atoms with Crippen molar-refractivity contribution in [1.29, 1.82) is 0 Å². The van der Waals surface area contributed by atoms with Crippen molar-refractivity contribution in [2.75, 3.05) is 12.3 Å². The second-order valence-corrected chi connectivity index (χ2v) is 9.93. The Balaban J connectivity index is 0. The molecule has 0 heterocycles. The van der Waals surface area contributed by atoms with Crippen LogP contribution in [0.3, 0.4) is 0 Å². The van der Waals surface area contributed by atoms with E-state index in [9.17, 15) is 13.5 Å². The number of nitrogens with zero attached hydrogens (tertiary/aromatic N) is 1. The molecule has 0 atom stereocenters. The number of rotatable bonds is 22. The molecule has 0 aromatic rings. The zero-order valence-electron chi connectivity index (χ0n) is 20.3. The molecule has 1 N–H and O–H groups in total. The molecular formula is C24H46NNaO4S. The monoisotopic (exact) mass is 467 g/mol. The van der Waals surface area contributed by atoms with Crippen LogP contribution in [0.25, 0.3) is 0 Å². The quantitative estimate of drug-likeness (QED) is 0.0870. The number of hydrogen-bond donors (Lipinski definition) is 1. The van der Waals surface area contributed by atoms with Gasteiger partial charge in [0, 0.05) is 6.54 Å². The van der Waals surface area contributed by atoms with Gasteiger partial charge >= 0.3 is 29.6 Å². The van der Waals surface area contributed by atoms with Crippen molar-refractivity contribution in [2.45, 2.75) is 122 Å². The van der Waals surface area contributed by atoms with E-state index in [0.717, 1.165) is 12.8 Å². The molecule has 0 rings (SSSR count). The smallest absolute Gasteiger partial charge is 0.859 e. The third kappa shape index (κ3) is 30.1. The zero-order chi connectivity index (χ0) is 22.3. The van der Waals surface area contributed by atoms with Gasteiger partial charge in [-0.1, -0.05) is 115 Å². The van der Waals surface area contributed by atoms with E-state index in [4.69, 9.17) is 4.55 Å². The fourth-order valence-corrected chi connectivity index (χ4v) is 3.98. The first kappa shape index (κ1) is 33.3. The van der Waals surface area contributed by atoms with E-state index >= 15 is 0 Å². The van der Waals surface area contributed by atoms with E-state index in [2.05, 4.69) is 11.9 Å². The predicted octanol–water partition coefficient (Wildman–Crippen LogP) is 3.23. The van der Waals surface area contributed by atoms with E-state index in [0.29, 0.717) is 0 Å². The van der Waals surface area contributed by atoms with Crippen LogP contribution in [0.2, 0.25) is 0 Å². The Morgan fingerprint density at radius 1 is 0.774 bits per heavy atom. The molecule has 0 amide bonds. The van der Waals surface area contributed by atoms with Crippen LogP contribution in [0.1, 0.15) is 122 Å². The molecule has 0 aromatic carbocycles. The van der Waals surface area contributed by atoms with E-state index in [1.807, 2.05) is 6.08 Å². The topological polar surface area (TPSA) is 89.8 Å². The maximum absolute atomic E-state index is 11.5. The summed E-state index contributed by atoms with van der Waals surface area (Å²) in [5.41, 5.74) is 0. The molecule has 0 unspecified atom stereocenters. The minimum atomic E-state index is -3.96. The average Bonchev–Trinajstić information content (AvgIpc) is 2.69. The molecule has 7 heteroatoms. The molecule has 0 aliphatic carbocycles. The largest absolute Gasteiger partial charge is 1.00 e. The van der Waals surface area contributed by atoms with Crippen molar-refractivity contribution in [3.63, 3.8) is 0 Å². The minimum Gasteiger partial charge on any atom is -0.859 e. The zero-order valence-corrected chi connectivity index (χ0v) is 23.1. The summed E-state index contributed by atoms with van der Waals surface area (Å²) in [7, 11) is -3.96. The number of aliphatic imine (C=N–C) groups is 1. The Morgan fingerprint density at radius 3 is 1.61 bits per heavy atom. The van der Waals surface area contributed by atoms with Gasteiger partial charge in [0.05, 0.1) is 5.75 Å². The van der Waals surface area contributed by atoms with Crippen molar-refractivity contribution < 1.29 is 47.6 Å². The van der Waals surface area contributed by atoms with Crippen molar-refractivity contribution in [3.05, 3.63) is 12.2 Å². The second-order valence-electron chi connectivity index (χ2n) is 8.35. The first-order valence-corrected chi connectivity index (χ1v) is 13.9. The third-order valence-corrected chi connectivity index (χ3v) is 6.12. The van der Waals surface area contributed by atoms with Gasteiger partial charge in [-0.05, 0) is 25.2 Å². The van der Waals surface area contributed by atoms with Crippen LogP contribution in [-0.4, -0.2) is 31.2 Å². The molecule has 0 aliphatic rings. The van der Waals surface area contributed by atoms with E-state index < -0.39 is 10.1 Å². The normalized spacial score (nSPS) is 12.4. The van der Waals surface area contributed by atoms with Crippen LogP contribution < -0.4 is 34.7 Å². The molecular weight excluding hydrogens is 421 g/mol. The van der Waals surface area contributed by atoms with E-state index in [1.54, 1.807) is 0 Å². The van der Waals surface area contributed by atoms with Crippen LogP contribution >= 0.6 is 0 Å². The number of hydrogen-bond acceptors (Lipinski definition) is 4. The van der Waals surface area contributed by atoms with Gasteiger partial charge in [-0.2, -0.15) is 8.42 Å². The van der Waals surface area contributed by atoms with Gasteiger partial charge < -0.3 is 10.1 Å². The third-order valence-electron chi connectivity index (χ3n) is 5.31. The van der Waals surface area contributed by atoms with E-state index in [-0.39, 0.29) is 54.2 Å². The van der Waals surface area contributed by atoms with Crippen LogP contribution in [-0.2, 0) is 10.1 Å². The van der Waals surface area contributed by atoms with Gasteiger partial charge in [-0.25, -0.2) is 0 Å². The van der Waals surface area contributed by atoms with Crippen LogP contribution in [0, 0.1) is 0 Å². The summed E-state index contributed by atoms with van der Waals surface area (Å²) in [4.78, 5) is 3.74. The first-order valence-electron chi connectivity index (χ1n) is 12.3. The molecule has 0 spiro atoms. The van der Waals surface area contributed by atoms with Gasteiger partial charge in [0.1, 0.15) is 0 Å². The summed E-state index contributed by atoms with van der Waals surface area (Å²) in [6, 6.07) is 0. The molecule has 0 aromatic heterocycles. The molecule has 0 bridgehead atoms. The Morgan fingerprint density at radius 2 is 1.19 bits per heavy atom. The summed E-state index contributed by atoms with van der Waals surface area (Å²) >= 11 is 0. The fraction of sp³-hybridized carbons (Fsp3) is 0.875. The molecule has 0 saturated carbocycles. The van der Waals surface area contributed by atoms with Gasteiger partial charge in [0.15, 0.2) is 0 Å². The van der Waals surface area contributed by atoms with Gasteiger partial charge in [-0.15, -0.1) is 0 Å². The molecule has 0 fully saturated rings. The van der Waals surface area contributed by atoms with Crippen LogP contribution in [0.4, 0.5) is 0 Å². The molecule has 31 heavy (non-hydrogen) atoms. The van der Waals surface area contributed by atoms with Crippen molar-refractivity contribution >= 4 is 16.0 Å². The maximum atomic E-state index is 11.5. The SMILES string of the molecule is CCCCCCCCCCCCCCCCCC/C=C/C([O-])=NCCCS(=O)(=O)O.[Na+]. The minimum absolute atomic E-state index is 0. The average molecular weight is 468 g/mol. The molecule has 0 radical (unpaired) electrons. The molecule has 5 nitrogen and oxygen atoms in total.